The van der Waals surface area contributed by atoms with Gasteiger partial charge in [-0.1, -0.05) is 26.8 Å². The minimum atomic E-state index is 0.628. The highest BCUT2D eigenvalue weighted by Crippen LogP contribution is 2.28. The Labute approximate surface area is 185 Å². The van der Waals surface area contributed by atoms with Crippen molar-refractivity contribution < 1.29 is 9.47 Å². The lowest BCUT2D eigenvalue weighted by atomic mass is 10.2. The van der Waals surface area contributed by atoms with E-state index in [1.165, 1.54) is 0 Å². The Morgan fingerprint density at radius 1 is 1.16 bits per heavy atom. The summed E-state index contributed by atoms with van der Waals surface area (Å²) in [5, 5.41) is 14.7. The fraction of sp³-hybridized carbons (Fsp3) is 0.591. The van der Waals surface area contributed by atoms with Crippen LogP contribution in [0.3, 0.4) is 0 Å². The van der Waals surface area contributed by atoms with Crippen LogP contribution in [0.25, 0.3) is 0 Å². The van der Waals surface area contributed by atoms with Gasteiger partial charge in [0, 0.05) is 39.6 Å². The molecule has 0 aliphatic rings. The summed E-state index contributed by atoms with van der Waals surface area (Å²) in [7, 11) is 3.43. The summed E-state index contributed by atoms with van der Waals surface area (Å²) < 4.78 is 13.5. The molecule has 1 heterocycles. The minimum Gasteiger partial charge on any atom is -0.493 e. The third-order valence-corrected chi connectivity index (χ3v) is 5.13. The Morgan fingerprint density at radius 2 is 1.97 bits per heavy atom. The Morgan fingerprint density at radius 3 is 2.65 bits per heavy atom. The van der Waals surface area contributed by atoms with Gasteiger partial charge in [0.1, 0.15) is 18.8 Å². The molecule has 1 aromatic carbocycles. The predicted molar refractivity (Wildman–Crippen MR) is 124 cm³/mol. The first-order valence-corrected chi connectivity index (χ1v) is 11.0. The first-order chi connectivity index (χ1) is 15.1. The molecule has 0 atom stereocenters. The molecule has 0 fully saturated rings. The number of aryl methyl sites for hydroxylation is 1. The number of likely N-dealkylation sites (N-methyl/N-ethyl adjacent to an activating group) is 1. The molecular formula is C22H37N7O2. The summed E-state index contributed by atoms with van der Waals surface area (Å²) >= 11 is 0. The Balaban J connectivity index is 1.82. The van der Waals surface area contributed by atoms with Crippen LogP contribution in [0.15, 0.2) is 29.5 Å². The van der Waals surface area contributed by atoms with E-state index in [1.807, 2.05) is 22.8 Å². The zero-order valence-corrected chi connectivity index (χ0v) is 19.5. The van der Waals surface area contributed by atoms with E-state index in [-0.39, 0.29) is 0 Å². The quantitative estimate of drug-likeness (QED) is 0.370. The van der Waals surface area contributed by atoms with Crippen LogP contribution in [0, 0.1) is 0 Å². The second-order valence-corrected chi connectivity index (χ2v) is 7.01. The van der Waals surface area contributed by atoms with E-state index < -0.39 is 0 Å². The van der Waals surface area contributed by atoms with Gasteiger partial charge in [0.15, 0.2) is 17.5 Å². The van der Waals surface area contributed by atoms with Crippen molar-refractivity contribution in [3.63, 3.8) is 0 Å². The molecule has 9 heteroatoms. The molecule has 2 N–H and O–H groups in total. The summed E-state index contributed by atoms with van der Waals surface area (Å²) in [6, 6.07) is 6.00. The molecule has 0 bridgehead atoms. The highest BCUT2D eigenvalue weighted by molar-refractivity contribution is 5.79. The molecule has 1 aromatic heterocycles. The molecule has 0 unspecified atom stereocenters. The van der Waals surface area contributed by atoms with Crippen molar-refractivity contribution in [1.82, 2.24) is 30.3 Å². The molecule has 172 valence electrons. The van der Waals surface area contributed by atoms with Gasteiger partial charge in [0.25, 0.3) is 0 Å². The topological polar surface area (TPSA) is 88.8 Å². The van der Waals surface area contributed by atoms with E-state index in [2.05, 4.69) is 51.5 Å². The first-order valence-electron chi connectivity index (χ1n) is 11.0. The maximum atomic E-state index is 5.94. The van der Waals surface area contributed by atoms with Crippen LogP contribution in [0.1, 0.15) is 32.2 Å². The summed E-state index contributed by atoms with van der Waals surface area (Å²) in [5.41, 5.74) is 1.09. The zero-order valence-electron chi connectivity index (χ0n) is 19.5. The number of aliphatic imine (C=N–C) groups is 1. The lowest BCUT2D eigenvalue weighted by Gasteiger charge is -2.19. The van der Waals surface area contributed by atoms with Crippen LogP contribution in [-0.2, 0) is 19.5 Å². The normalized spacial score (nSPS) is 11.6. The molecule has 0 aliphatic heterocycles. The fourth-order valence-corrected chi connectivity index (χ4v) is 3.21. The molecule has 2 aromatic rings. The summed E-state index contributed by atoms with van der Waals surface area (Å²) in [6.07, 6.45) is 2.62. The van der Waals surface area contributed by atoms with Crippen LogP contribution in [0.5, 0.6) is 11.5 Å². The number of nitrogens with one attached hydrogen (secondary N) is 2. The van der Waals surface area contributed by atoms with E-state index in [4.69, 9.17) is 9.47 Å². The average molecular weight is 432 g/mol. The highest BCUT2D eigenvalue weighted by Gasteiger charge is 2.08. The number of ether oxygens (including phenoxy) is 2. The molecule has 2 rings (SSSR count). The molecule has 0 spiro atoms. The fourth-order valence-electron chi connectivity index (χ4n) is 3.21. The summed E-state index contributed by atoms with van der Waals surface area (Å²) in [5.74, 6) is 3.23. The molecule has 0 radical (unpaired) electrons. The molecular weight excluding hydrogens is 394 g/mol. The van der Waals surface area contributed by atoms with E-state index >= 15 is 0 Å². The number of methoxy groups -OCH3 is 1. The number of rotatable bonds is 13. The Hall–Kier alpha value is -2.81. The smallest absolute Gasteiger partial charge is 0.191 e. The van der Waals surface area contributed by atoms with Crippen molar-refractivity contribution in [3.8, 4) is 11.5 Å². The van der Waals surface area contributed by atoms with Crippen LogP contribution >= 0.6 is 0 Å². The maximum Gasteiger partial charge on any atom is 0.191 e. The number of hydrogen-bond donors (Lipinski definition) is 2. The van der Waals surface area contributed by atoms with Gasteiger partial charge >= 0.3 is 0 Å². The molecule has 9 nitrogen and oxygen atoms in total. The first kappa shape index (κ1) is 24.5. The average Bonchev–Trinajstić information content (AvgIpc) is 3.26. The van der Waals surface area contributed by atoms with Gasteiger partial charge in [-0.05, 0) is 30.8 Å². The number of nitrogens with zero attached hydrogens (tertiary/aromatic N) is 5. The van der Waals surface area contributed by atoms with Crippen molar-refractivity contribution in [2.24, 2.45) is 4.99 Å². The van der Waals surface area contributed by atoms with Crippen molar-refractivity contribution in [1.29, 1.82) is 0 Å². The van der Waals surface area contributed by atoms with Gasteiger partial charge in [-0.3, -0.25) is 4.99 Å². The SMILES string of the molecule is CCc1nncn1CCNC(=NC)NCc1ccc(OCCN(CC)CC)c(OC)c1. The third-order valence-electron chi connectivity index (χ3n) is 5.13. The number of hydrogen-bond acceptors (Lipinski definition) is 6. The van der Waals surface area contributed by atoms with E-state index in [9.17, 15) is 0 Å². The second kappa shape index (κ2) is 13.5. The monoisotopic (exact) mass is 431 g/mol. The molecule has 31 heavy (non-hydrogen) atoms. The van der Waals surface area contributed by atoms with E-state index in [0.717, 1.165) is 68.0 Å². The lowest BCUT2D eigenvalue weighted by Crippen LogP contribution is -2.38. The standard InChI is InChI=1S/C22H37N7O2/c1-6-21-27-26-17-29(21)12-11-24-22(23-4)25-16-18-9-10-19(20(15-18)30-5)31-14-13-28(7-2)8-3/h9-10,15,17H,6-8,11-14,16H2,1-5H3,(H2,23,24,25). The molecule has 0 amide bonds. The minimum absolute atomic E-state index is 0.628. The van der Waals surface area contributed by atoms with Crippen molar-refractivity contribution >= 4 is 5.96 Å². The summed E-state index contributed by atoms with van der Waals surface area (Å²) in [4.78, 5) is 6.62. The Bertz CT molecular complexity index is 803. The number of benzene rings is 1. The van der Waals surface area contributed by atoms with Gasteiger partial charge in [0.2, 0.25) is 0 Å². The van der Waals surface area contributed by atoms with Gasteiger partial charge < -0.3 is 29.6 Å². The maximum absolute atomic E-state index is 5.94. The van der Waals surface area contributed by atoms with Crippen LogP contribution in [-0.4, -0.2) is 72.6 Å². The number of aromatic nitrogens is 3. The van der Waals surface area contributed by atoms with Crippen LogP contribution in [0.2, 0.25) is 0 Å². The van der Waals surface area contributed by atoms with Gasteiger partial charge in [-0.25, -0.2) is 0 Å². The zero-order chi connectivity index (χ0) is 22.5. The molecule has 0 saturated heterocycles. The largest absolute Gasteiger partial charge is 0.493 e. The van der Waals surface area contributed by atoms with Crippen molar-refractivity contribution in [3.05, 3.63) is 35.9 Å². The highest BCUT2D eigenvalue weighted by atomic mass is 16.5. The van der Waals surface area contributed by atoms with Crippen molar-refractivity contribution in [2.75, 3.05) is 46.9 Å². The van der Waals surface area contributed by atoms with Gasteiger partial charge in [-0.2, -0.15) is 0 Å². The number of guanidine groups is 1. The van der Waals surface area contributed by atoms with Gasteiger partial charge in [-0.15, -0.1) is 10.2 Å². The van der Waals surface area contributed by atoms with Crippen LogP contribution < -0.4 is 20.1 Å². The third kappa shape index (κ3) is 7.75. The lowest BCUT2D eigenvalue weighted by molar-refractivity contribution is 0.217. The van der Waals surface area contributed by atoms with E-state index in [1.54, 1.807) is 20.5 Å². The molecule has 0 saturated carbocycles. The van der Waals surface area contributed by atoms with Crippen LogP contribution in [0.4, 0.5) is 0 Å². The summed E-state index contributed by atoms with van der Waals surface area (Å²) in [6.45, 7) is 12.1. The second-order valence-electron chi connectivity index (χ2n) is 7.01. The predicted octanol–water partition coefficient (Wildman–Crippen LogP) is 1.93. The molecule has 0 aliphatic carbocycles. The van der Waals surface area contributed by atoms with Crippen molar-refractivity contribution in [2.45, 2.75) is 40.3 Å². The van der Waals surface area contributed by atoms with Gasteiger partial charge in [0.05, 0.1) is 7.11 Å². The van der Waals surface area contributed by atoms with E-state index in [0.29, 0.717) is 13.2 Å². The Kier molecular flexibility index (Phi) is 10.6.